The van der Waals surface area contributed by atoms with Crippen molar-refractivity contribution in [3.05, 3.63) is 48.0 Å². The maximum Gasteiger partial charge on any atom is 0.490 e. The molecule has 23 heteroatoms. The molecule has 0 radical (unpaired) electrons. The number of aromatic nitrogens is 3. The lowest BCUT2D eigenvalue weighted by Crippen LogP contribution is -2.52. The number of carboxylic acid groups (broad SMARTS) is 3. The van der Waals surface area contributed by atoms with Crippen LogP contribution in [0.1, 0.15) is 24.1 Å². The van der Waals surface area contributed by atoms with E-state index in [1.54, 1.807) is 0 Å². The summed E-state index contributed by atoms with van der Waals surface area (Å²) in [7, 11) is 1.95. The van der Waals surface area contributed by atoms with Crippen molar-refractivity contribution in [1.82, 2.24) is 29.5 Å². The molecule has 3 aliphatic rings. The molecule has 14 nitrogen and oxygen atoms in total. The SMILES string of the molecule is Cn1cc(CN2C[C@@H]3CN(Cc4ccccn4)CCC[C@]3(C(=O)N3CCOCC3)C2)cn1.O=C(O)C(F)(F)F.O=C(O)C(F)(F)F.O=C(O)C(F)(F)F. The minimum atomic E-state index is -5.08. The monoisotopic (exact) mass is 780 g/mol. The number of rotatable bonds is 5. The number of halogens is 9. The number of fused-ring (bicyclic) bond motifs is 1. The number of carbonyl (C=O) groups excluding carboxylic acids is 1. The highest BCUT2D eigenvalue weighted by Gasteiger charge is 2.54. The number of aryl methyl sites for hydroxylation is 1. The van der Waals surface area contributed by atoms with E-state index in [-0.39, 0.29) is 5.41 Å². The van der Waals surface area contributed by atoms with E-state index < -0.39 is 36.4 Å². The average Bonchev–Trinajstić information content (AvgIpc) is 3.58. The zero-order valence-electron chi connectivity index (χ0n) is 28.0. The second-order valence-corrected chi connectivity index (χ2v) is 12.0. The fourth-order valence-corrected chi connectivity index (χ4v) is 5.84. The quantitative estimate of drug-likeness (QED) is 0.378. The first kappa shape index (κ1) is 44.7. The predicted molar refractivity (Wildman–Crippen MR) is 162 cm³/mol. The average molecular weight is 781 g/mol. The Morgan fingerprint density at radius 2 is 1.36 bits per heavy atom. The third-order valence-electron chi connectivity index (χ3n) is 8.07. The van der Waals surface area contributed by atoms with Gasteiger partial charge in [-0.15, -0.1) is 0 Å². The molecule has 0 spiro atoms. The molecule has 2 atom stereocenters. The summed E-state index contributed by atoms with van der Waals surface area (Å²) in [5.74, 6) is -7.60. The van der Waals surface area contributed by atoms with Crippen LogP contribution in [0.25, 0.3) is 0 Å². The van der Waals surface area contributed by atoms with E-state index >= 15 is 0 Å². The van der Waals surface area contributed by atoms with Crippen LogP contribution < -0.4 is 0 Å². The third kappa shape index (κ3) is 14.4. The van der Waals surface area contributed by atoms with E-state index in [1.807, 2.05) is 30.2 Å². The van der Waals surface area contributed by atoms with Crippen LogP contribution in [0, 0.1) is 11.3 Å². The molecular formula is C30H37F9N6O8. The number of aliphatic carboxylic acids is 3. The van der Waals surface area contributed by atoms with Gasteiger partial charge in [0.25, 0.3) is 0 Å². The maximum absolute atomic E-state index is 14.0. The Labute approximate surface area is 295 Å². The van der Waals surface area contributed by atoms with E-state index in [4.69, 9.17) is 34.4 Å². The number of carboxylic acids is 3. The fraction of sp³-hybridized carbons (Fsp3) is 0.600. The standard InChI is InChI=1S/C24H34N6O2.3C2HF3O2/c1-27-14-20(13-26-27)15-29-17-21-16-28(18-22-5-2-3-7-25-22)8-4-6-24(21,19-29)23(31)30-9-11-32-12-10-30;3*3-2(4,5)1(6)7/h2-3,5,7,13-14,21H,4,6,8-12,15-19H2,1H3;3*(H,6,7)/t21-,24-;;;/m0.../s1. The van der Waals surface area contributed by atoms with Crippen molar-refractivity contribution in [3.63, 3.8) is 0 Å². The van der Waals surface area contributed by atoms with E-state index in [2.05, 4.69) is 43.1 Å². The minimum absolute atomic E-state index is 0.307. The Kier molecular flexibility index (Phi) is 16.0. The summed E-state index contributed by atoms with van der Waals surface area (Å²) in [4.78, 5) is 52.3. The molecule has 53 heavy (non-hydrogen) atoms. The highest BCUT2D eigenvalue weighted by molar-refractivity contribution is 5.84. The summed E-state index contributed by atoms with van der Waals surface area (Å²) in [5.41, 5.74) is 2.01. The van der Waals surface area contributed by atoms with Gasteiger partial charge in [0.15, 0.2) is 0 Å². The number of hydrogen-bond donors (Lipinski definition) is 3. The molecule has 3 aliphatic heterocycles. The van der Waals surface area contributed by atoms with Crippen LogP contribution in [0.2, 0.25) is 0 Å². The second kappa shape index (κ2) is 19.0. The normalized spacial score (nSPS) is 20.9. The Bertz CT molecular complexity index is 1440. The predicted octanol–water partition coefficient (Wildman–Crippen LogP) is 3.29. The van der Waals surface area contributed by atoms with Crippen LogP contribution in [0.3, 0.4) is 0 Å². The van der Waals surface area contributed by atoms with Crippen molar-refractivity contribution in [2.75, 3.05) is 52.5 Å². The smallest absolute Gasteiger partial charge is 0.475 e. The number of nitrogens with zero attached hydrogens (tertiary/aromatic N) is 6. The topological polar surface area (TPSA) is 179 Å². The van der Waals surface area contributed by atoms with Crippen LogP contribution in [-0.4, -0.2) is 140 Å². The summed E-state index contributed by atoms with van der Waals surface area (Å²) >= 11 is 0. The maximum atomic E-state index is 14.0. The van der Waals surface area contributed by atoms with Crippen molar-refractivity contribution in [1.29, 1.82) is 0 Å². The van der Waals surface area contributed by atoms with Crippen molar-refractivity contribution in [2.24, 2.45) is 18.4 Å². The highest BCUT2D eigenvalue weighted by atomic mass is 19.4. The van der Waals surface area contributed by atoms with Crippen molar-refractivity contribution >= 4 is 23.8 Å². The molecule has 1 amide bonds. The number of carbonyl (C=O) groups is 4. The van der Waals surface area contributed by atoms with Crippen LogP contribution >= 0.6 is 0 Å². The molecule has 2 aromatic heterocycles. The van der Waals surface area contributed by atoms with Gasteiger partial charge >= 0.3 is 36.4 Å². The zero-order chi connectivity index (χ0) is 40.2. The Hall–Kier alpha value is -4.51. The van der Waals surface area contributed by atoms with E-state index in [1.165, 1.54) is 5.56 Å². The molecule has 3 N–H and O–H groups in total. The summed E-state index contributed by atoms with van der Waals surface area (Å²) in [6.45, 7) is 8.18. The van der Waals surface area contributed by atoms with Crippen LogP contribution in [0.4, 0.5) is 39.5 Å². The molecule has 298 valence electrons. The van der Waals surface area contributed by atoms with Gasteiger partial charge in [0.05, 0.1) is 30.5 Å². The van der Waals surface area contributed by atoms with Gasteiger partial charge in [0, 0.05) is 70.8 Å². The van der Waals surface area contributed by atoms with Crippen molar-refractivity contribution < 1.29 is 78.7 Å². The van der Waals surface area contributed by atoms with Gasteiger partial charge in [0.2, 0.25) is 5.91 Å². The molecule has 0 aliphatic carbocycles. The number of amides is 1. The number of morpholine rings is 1. The van der Waals surface area contributed by atoms with Gasteiger partial charge in [-0.2, -0.15) is 44.6 Å². The van der Waals surface area contributed by atoms with Gasteiger partial charge in [-0.25, -0.2) is 14.4 Å². The Morgan fingerprint density at radius 1 is 0.830 bits per heavy atom. The first-order chi connectivity index (χ1) is 24.5. The van der Waals surface area contributed by atoms with Crippen LogP contribution in [0.5, 0.6) is 0 Å². The number of pyridine rings is 1. The third-order valence-corrected chi connectivity index (χ3v) is 8.07. The van der Waals surface area contributed by atoms with Gasteiger partial charge in [-0.3, -0.25) is 24.3 Å². The lowest BCUT2D eigenvalue weighted by atomic mass is 9.73. The van der Waals surface area contributed by atoms with Crippen molar-refractivity contribution in [3.8, 4) is 0 Å². The Balaban J connectivity index is 0.000000379. The highest BCUT2D eigenvalue weighted by Crippen LogP contribution is 2.45. The molecule has 0 bridgehead atoms. The molecule has 0 aromatic carbocycles. The number of hydrogen-bond acceptors (Lipinski definition) is 9. The first-order valence-corrected chi connectivity index (χ1v) is 15.5. The van der Waals surface area contributed by atoms with E-state index in [0.29, 0.717) is 38.1 Å². The molecule has 0 saturated carbocycles. The molecule has 2 aromatic rings. The lowest BCUT2D eigenvalue weighted by molar-refractivity contribution is -0.193. The molecule has 5 heterocycles. The number of likely N-dealkylation sites (tertiary alicyclic amines) is 2. The van der Waals surface area contributed by atoms with Gasteiger partial charge in [0.1, 0.15) is 0 Å². The van der Waals surface area contributed by atoms with Gasteiger partial charge in [-0.1, -0.05) is 6.07 Å². The largest absolute Gasteiger partial charge is 0.490 e. The number of ether oxygens (including phenoxy) is 1. The van der Waals surface area contributed by atoms with Gasteiger partial charge in [-0.05, 0) is 37.4 Å². The van der Waals surface area contributed by atoms with E-state index in [0.717, 1.165) is 57.8 Å². The number of alkyl halides is 9. The minimum Gasteiger partial charge on any atom is -0.475 e. The summed E-state index contributed by atoms with van der Waals surface area (Å²) < 4.78 is 103. The first-order valence-electron chi connectivity index (χ1n) is 15.5. The molecule has 3 saturated heterocycles. The fourth-order valence-electron chi connectivity index (χ4n) is 5.84. The summed E-state index contributed by atoms with van der Waals surface area (Å²) in [6, 6.07) is 6.11. The van der Waals surface area contributed by atoms with Crippen molar-refractivity contribution in [2.45, 2.75) is 44.5 Å². The second-order valence-electron chi connectivity index (χ2n) is 12.0. The molecule has 5 rings (SSSR count). The lowest BCUT2D eigenvalue weighted by Gasteiger charge is -2.39. The summed E-state index contributed by atoms with van der Waals surface area (Å²) in [6.07, 6.45) is -7.36. The zero-order valence-corrected chi connectivity index (χ0v) is 28.0. The van der Waals surface area contributed by atoms with E-state index in [9.17, 15) is 44.3 Å². The molecule has 0 unspecified atom stereocenters. The van der Waals surface area contributed by atoms with Crippen LogP contribution in [-0.2, 0) is 44.1 Å². The Morgan fingerprint density at radius 3 is 1.81 bits per heavy atom. The summed E-state index contributed by atoms with van der Waals surface area (Å²) in [5, 5.41) is 25.7. The van der Waals surface area contributed by atoms with Gasteiger partial charge < -0.3 is 25.0 Å². The van der Waals surface area contributed by atoms with Crippen LogP contribution in [0.15, 0.2) is 36.8 Å². The molecule has 3 fully saturated rings. The molecular weight excluding hydrogens is 743 g/mol.